The van der Waals surface area contributed by atoms with Gasteiger partial charge in [-0.2, -0.15) is 10.2 Å². The molecule has 3 heterocycles. The summed E-state index contributed by atoms with van der Waals surface area (Å²) in [6.45, 7) is 4.56. The molecule has 2 aromatic heterocycles. The summed E-state index contributed by atoms with van der Waals surface area (Å²) in [5.74, 6) is -0.155. The molecule has 4 rings (SSSR count). The predicted octanol–water partition coefficient (Wildman–Crippen LogP) is 2.01. The number of nitrogens with one attached hydrogen (secondary N) is 1. The van der Waals surface area contributed by atoms with Gasteiger partial charge in [0.1, 0.15) is 0 Å². The Labute approximate surface area is 152 Å². The number of amides is 1. The van der Waals surface area contributed by atoms with Crippen LogP contribution in [0.25, 0.3) is 5.69 Å². The van der Waals surface area contributed by atoms with E-state index in [4.69, 9.17) is 0 Å². The highest BCUT2D eigenvalue weighted by Gasteiger charge is 2.21. The van der Waals surface area contributed by atoms with Crippen molar-refractivity contribution in [3.8, 4) is 5.69 Å². The summed E-state index contributed by atoms with van der Waals surface area (Å²) in [4.78, 5) is 14.9. The molecule has 1 amide bonds. The minimum absolute atomic E-state index is 0.155. The quantitative estimate of drug-likeness (QED) is 0.781. The first-order valence-corrected chi connectivity index (χ1v) is 8.77. The fourth-order valence-corrected chi connectivity index (χ4v) is 3.33. The van der Waals surface area contributed by atoms with E-state index in [9.17, 15) is 4.79 Å². The number of carbonyl (C=O) groups is 1. The van der Waals surface area contributed by atoms with E-state index in [-0.39, 0.29) is 11.9 Å². The molecule has 0 radical (unpaired) electrons. The van der Waals surface area contributed by atoms with Gasteiger partial charge in [0.25, 0.3) is 5.91 Å². The highest BCUT2D eigenvalue weighted by atomic mass is 16.2. The Hall–Kier alpha value is -2.93. The number of rotatable bonds is 4. The number of carbonyl (C=O) groups excluding carboxylic acids is 1. The van der Waals surface area contributed by atoms with Crippen molar-refractivity contribution in [2.24, 2.45) is 0 Å². The van der Waals surface area contributed by atoms with Crippen LogP contribution in [-0.4, -0.2) is 44.0 Å². The number of fused-ring (bicyclic) bond motifs is 1. The molecular weight excluding hydrogens is 328 g/mol. The summed E-state index contributed by atoms with van der Waals surface area (Å²) in [7, 11) is 2.07. The molecular formula is C19H22N6O. The first kappa shape index (κ1) is 16.5. The highest BCUT2D eigenvalue weighted by Crippen LogP contribution is 2.21. The van der Waals surface area contributed by atoms with Crippen LogP contribution in [0.2, 0.25) is 0 Å². The van der Waals surface area contributed by atoms with Gasteiger partial charge in [0.15, 0.2) is 5.69 Å². The number of likely N-dealkylation sites (N-methyl/N-ethyl adjacent to an activating group) is 1. The maximum absolute atomic E-state index is 12.7. The van der Waals surface area contributed by atoms with E-state index in [0.717, 1.165) is 36.6 Å². The second-order valence-electron chi connectivity index (χ2n) is 6.69. The van der Waals surface area contributed by atoms with Crippen molar-refractivity contribution in [1.29, 1.82) is 0 Å². The Balaban J connectivity index is 1.54. The van der Waals surface area contributed by atoms with Gasteiger partial charge in [-0.05, 0) is 37.7 Å². The van der Waals surface area contributed by atoms with Crippen LogP contribution in [-0.2, 0) is 13.1 Å². The van der Waals surface area contributed by atoms with Crippen molar-refractivity contribution in [3.63, 3.8) is 0 Å². The molecule has 1 atom stereocenters. The lowest BCUT2D eigenvalue weighted by atomic mass is 10.1. The van der Waals surface area contributed by atoms with Crippen LogP contribution in [0.1, 0.15) is 34.7 Å². The molecule has 0 spiro atoms. The minimum Gasteiger partial charge on any atom is -0.344 e. The lowest BCUT2D eigenvalue weighted by Gasteiger charge is -2.22. The Kier molecular flexibility index (Phi) is 4.30. The summed E-state index contributed by atoms with van der Waals surface area (Å²) >= 11 is 0. The Morgan fingerprint density at radius 3 is 2.88 bits per heavy atom. The Morgan fingerprint density at radius 2 is 2.08 bits per heavy atom. The monoisotopic (exact) mass is 350 g/mol. The number of hydrogen-bond acceptors (Lipinski definition) is 4. The van der Waals surface area contributed by atoms with Gasteiger partial charge in [-0.15, -0.1) is 0 Å². The van der Waals surface area contributed by atoms with Gasteiger partial charge in [-0.25, -0.2) is 4.68 Å². The van der Waals surface area contributed by atoms with E-state index in [1.165, 1.54) is 0 Å². The number of para-hydroxylation sites is 1. The summed E-state index contributed by atoms with van der Waals surface area (Å²) in [6, 6.07) is 11.5. The second-order valence-corrected chi connectivity index (χ2v) is 6.69. The molecule has 134 valence electrons. The fourth-order valence-electron chi connectivity index (χ4n) is 3.33. The molecule has 1 unspecified atom stereocenters. The van der Waals surface area contributed by atoms with Crippen LogP contribution in [0.15, 0.2) is 48.8 Å². The SMILES string of the molecule is CC(NC(=O)c1cc2n(n1)CCN(C)C2)c1ccccc1-n1cccn1. The van der Waals surface area contributed by atoms with Crippen molar-refractivity contribution in [2.45, 2.75) is 26.1 Å². The molecule has 1 N–H and O–H groups in total. The Morgan fingerprint density at radius 1 is 1.23 bits per heavy atom. The van der Waals surface area contributed by atoms with Gasteiger partial charge in [-0.3, -0.25) is 14.4 Å². The van der Waals surface area contributed by atoms with Crippen molar-refractivity contribution in [1.82, 2.24) is 29.8 Å². The molecule has 1 aromatic carbocycles. The highest BCUT2D eigenvalue weighted by molar-refractivity contribution is 5.92. The van der Waals surface area contributed by atoms with Gasteiger partial charge in [-0.1, -0.05) is 18.2 Å². The van der Waals surface area contributed by atoms with Gasteiger partial charge in [0.05, 0.1) is 24.0 Å². The van der Waals surface area contributed by atoms with E-state index in [1.54, 1.807) is 6.20 Å². The minimum atomic E-state index is -0.163. The van der Waals surface area contributed by atoms with Crippen LogP contribution < -0.4 is 5.32 Å². The first-order chi connectivity index (χ1) is 12.6. The standard InChI is InChI=1S/C19H22N6O/c1-14(16-6-3-4-7-18(16)25-9-5-8-20-25)21-19(26)17-12-15-13-23(2)10-11-24(15)22-17/h3-9,12,14H,10-11,13H2,1-2H3,(H,21,26). The third-order valence-electron chi connectivity index (χ3n) is 4.72. The van der Waals surface area contributed by atoms with Crippen LogP contribution >= 0.6 is 0 Å². The molecule has 7 heteroatoms. The molecule has 0 bridgehead atoms. The lowest BCUT2D eigenvalue weighted by molar-refractivity contribution is 0.0934. The van der Waals surface area contributed by atoms with Crippen molar-refractivity contribution in [3.05, 3.63) is 65.7 Å². The summed E-state index contributed by atoms with van der Waals surface area (Å²) in [6.07, 6.45) is 3.64. The second kappa shape index (κ2) is 6.76. The van der Waals surface area contributed by atoms with Crippen molar-refractivity contribution < 1.29 is 4.79 Å². The maximum atomic E-state index is 12.7. The van der Waals surface area contributed by atoms with Gasteiger partial charge in [0.2, 0.25) is 0 Å². The Bertz CT molecular complexity index is 914. The van der Waals surface area contributed by atoms with Crippen molar-refractivity contribution in [2.75, 3.05) is 13.6 Å². The third kappa shape index (κ3) is 3.13. The molecule has 0 aliphatic carbocycles. The lowest BCUT2D eigenvalue weighted by Crippen LogP contribution is -2.30. The number of hydrogen-bond donors (Lipinski definition) is 1. The zero-order valence-electron chi connectivity index (χ0n) is 15.0. The van der Waals surface area contributed by atoms with E-state index in [0.29, 0.717) is 5.69 Å². The summed E-state index contributed by atoms with van der Waals surface area (Å²) in [5, 5.41) is 11.8. The van der Waals surface area contributed by atoms with E-state index in [1.807, 2.05) is 58.9 Å². The van der Waals surface area contributed by atoms with Crippen LogP contribution in [0.3, 0.4) is 0 Å². The zero-order valence-corrected chi connectivity index (χ0v) is 15.0. The molecule has 0 saturated heterocycles. The molecule has 7 nitrogen and oxygen atoms in total. The van der Waals surface area contributed by atoms with Crippen LogP contribution in [0, 0.1) is 0 Å². The van der Waals surface area contributed by atoms with Crippen LogP contribution in [0.4, 0.5) is 0 Å². The topological polar surface area (TPSA) is 68.0 Å². The van der Waals surface area contributed by atoms with E-state index in [2.05, 4.69) is 27.5 Å². The van der Waals surface area contributed by atoms with Gasteiger partial charge < -0.3 is 5.32 Å². The molecule has 1 aliphatic heterocycles. The van der Waals surface area contributed by atoms with Crippen LogP contribution in [0.5, 0.6) is 0 Å². The molecule has 0 saturated carbocycles. The number of nitrogens with zero attached hydrogens (tertiary/aromatic N) is 5. The number of benzene rings is 1. The fraction of sp³-hybridized carbons (Fsp3) is 0.316. The molecule has 0 fully saturated rings. The average Bonchev–Trinajstić information content (AvgIpc) is 3.31. The maximum Gasteiger partial charge on any atom is 0.272 e. The number of aromatic nitrogens is 4. The van der Waals surface area contributed by atoms with Gasteiger partial charge in [0, 0.05) is 25.5 Å². The summed E-state index contributed by atoms with van der Waals surface area (Å²) in [5.41, 5.74) is 3.51. The van der Waals surface area contributed by atoms with Gasteiger partial charge >= 0.3 is 0 Å². The predicted molar refractivity (Wildman–Crippen MR) is 98.0 cm³/mol. The smallest absolute Gasteiger partial charge is 0.272 e. The molecule has 3 aromatic rings. The normalized spacial score (nSPS) is 15.5. The van der Waals surface area contributed by atoms with E-state index >= 15 is 0 Å². The zero-order chi connectivity index (χ0) is 18.1. The largest absolute Gasteiger partial charge is 0.344 e. The van der Waals surface area contributed by atoms with E-state index < -0.39 is 0 Å². The molecule has 26 heavy (non-hydrogen) atoms. The molecule has 1 aliphatic rings. The van der Waals surface area contributed by atoms with Crippen molar-refractivity contribution >= 4 is 5.91 Å². The third-order valence-corrected chi connectivity index (χ3v) is 4.72. The average molecular weight is 350 g/mol. The first-order valence-electron chi connectivity index (χ1n) is 8.77. The summed E-state index contributed by atoms with van der Waals surface area (Å²) < 4.78 is 3.74.